The number of thioether (sulfide) groups is 1. The standard InChI is InChI=1S/C18H19N3S/c1-3-9-15(10-4-1)22-18(13-7-2-8-14-18)21-19-16-11-5-6-12-17(16)20-21/h1,3-6,9-12H,2,7-8,13-14H2. The fraction of sp³-hybridized carbons (Fsp3) is 0.333. The molecule has 0 aliphatic heterocycles. The maximum Gasteiger partial charge on any atom is 0.132 e. The highest BCUT2D eigenvalue weighted by Gasteiger charge is 2.37. The molecule has 1 aromatic heterocycles. The maximum atomic E-state index is 4.79. The molecule has 4 rings (SSSR count). The summed E-state index contributed by atoms with van der Waals surface area (Å²) in [7, 11) is 0. The third-order valence-corrected chi connectivity index (χ3v) is 5.80. The van der Waals surface area contributed by atoms with Crippen LogP contribution in [0.25, 0.3) is 11.0 Å². The number of hydrogen-bond donors (Lipinski definition) is 0. The van der Waals surface area contributed by atoms with E-state index in [0.717, 1.165) is 23.9 Å². The number of rotatable bonds is 3. The summed E-state index contributed by atoms with van der Waals surface area (Å²) in [5.41, 5.74) is 1.97. The summed E-state index contributed by atoms with van der Waals surface area (Å²) in [4.78, 5) is 3.25. The Bertz CT molecular complexity index is 727. The van der Waals surface area contributed by atoms with E-state index in [1.54, 1.807) is 0 Å². The molecule has 3 aromatic rings. The average molecular weight is 309 g/mol. The van der Waals surface area contributed by atoms with E-state index < -0.39 is 0 Å². The van der Waals surface area contributed by atoms with E-state index in [1.807, 2.05) is 40.8 Å². The third-order valence-electron chi connectivity index (χ3n) is 4.34. The molecule has 4 heteroatoms. The number of benzene rings is 2. The monoisotopic (exact) mass is 309 g/mol. The largest absolute Gasteiger partial charge is 0.167 e. The molecule has 22 heavy (non-hydrogen) atoms. The Labute approximate surface area is 134 Å². The van der Waals surface area contributed by atoms with Gasteiger partial charge in [-0.05, 0) is 37.1 Å². The second-order valence-corrected chi connectivity index (χ2v) is 7.34. The van der Waals surface area contributed by atoms with E-state index >= 15 is 0 Å². The van der Waals surface area contributed by atoms with Crippen molar-refractivity contribution in [1.29, 1.82) is 0 Å². The predicted molar refractivity (Wildman–Crippen MR) is 90.9 cm³/mol. The number of nitrogens with zero attached hydrogens (tertiary/aromatic N) is 3. The van der Waals surface area contributed by atoms with Crippen molar-refractivity contribution in [2.45, 2.75) is 41.9 Å². The van der Waals surface area contributed by atoms with Crippen LogP contribution in [0.4, 0.5) is 0 Å². The zero-order chi connectivity index (χ0) is 14.8. The van der Waals surface area contributed by atoms with Crippen molar-refractivity contribution < 1.29 is 0 Å². The molecule has 0 unspecified atom stereocenters. The molecule has 1 fully saturated rings. The quantitative estimate of drug-likeness (QED) is 0.693. The van der Waals surface area contributed by atoms with Gasteiger partial charge in [-0.25, -0.2) is 0 Å². The van der Waals surface area contributed by atoms with E-state index in [4.69, 9.17) is 10.2 Å². The first-order valence-corrected chi connectivity index (χ1v) is 8.74. The Morgan fingerprint density at radius 2 is 1.36 bits per heavy atom. The van der Waals surface area contributed by atoms with E-state index in [9.17, 15) is 0 Å². The highest BCUT2D eigenvalue weighted by Crippen LogP contribution is 2.47. The summed E-state index contributed by atoms with van der Waals surface area (Å²) in [6, 6.07) is 18.8. The van der Waals surface area contributed by atoms with Crippen molar-refractivity contribution >= 4 is 22.8 Å². The van der Waals surface area contributed by atoms with Crippen LogP contribution in [0, 0.1) is 0 Å². The highest BCUT2D eigenvalue weighted by atomic mass is 32.2. The van der Waals surface area contributed by atoms with Crippen LogP contribution in [0.5, 0.6) is 0 Å². The number of aromatic nitrogens is 3. The molecule has 0 spiro atoms. The fourth-order valence-corrected chi connectivity index (χ4v) is 4.59. The lowest BCUT2D eigenvalue weighted by molar-refractivity contribution is 0.263. The minimum Gasteiger partial charge on any atom is -0.167 e. The molecule has 1 heterocycles. The first-order valence-electron chi connectivity index (χ1n) is 7.92. The van der Waals surface area contributed by atoms with Gasteiger partial charge in [0.1, 0.15) is 15.9 Å². The van der Waals surface area contributed by atoms with Gasteiger partial charge in [-0.3, -0.25) is 0 Å². The van der Waals surface area contributed by atoms with Gasteiger partial charge in [0.25, 0.3) is 0 Å². The van der Waals surface area contributed by atoms with E-state index in [2.05, 4.69) is 30.3 Å². The van der Waals surface area contributed by atoms with Gasteiger partial charge >= 0.3 is 0 Å². The maximum absolute atomic E-state index is 4.79. The van der Waals surface area contributed by atoms with E-state index in [0.29, 0.717) is 0 Å². The van der Waals surface area contributed by atoms with Crippen molar-refractivity contribution in [2.24, 2.45) is 0 Å². The molecule has 0 radical (unpaired) electrons. The van der Waals surface area contributed by atoms with Gasteiger partial charge < -0.3 is 0 Å². The molecular weight excluding hydrogens is 290 g/mol. The molecule has 1 saturated carbocycles. The van der Waals surface area contributed by atoms with Crippen molar-refractivity contribution in [2.75, 3.05) is 0 Å². The number of hydrogen-bond acceptors (Lipinski definition) is 3. The minimum absolute atomic E-state index is 0.0430. The Hall–Kier alpha value is -1.81. The Morgan fingerprint density at radius 3 is 2.00 bits per heavy atom. The average Bonchev–Trinajstić information content (AvgIpc) is 3.01. The zero-order valence-corrected chi connectivity index (χ0v) is 13.3. The summed E-state index contributed by atoms with van der Waals surface area (Å²) < 4.78 is 0. The molecule has 0 atom stereocenters. The van der Waals surface area contributed by atoms with Gasteiger partial charge in [-0.15, -0.1) is 0 Å². The van der Waals surface area contributed by atoms with Gasteiger partial charge in [0.2, 0.25) is 0 Å². The van der Waals surface area contributed by atoms with Crippen LogP contribution < -0.4 is 0 Å². The normalized spacial score (nSPS) is 17.6. The van der Waals surface area contributed by atoms with Gasteiger partial charge in [0, 0.05) is 4.90 Å². The molecule has 1 aliphatic rings. The van der Waals surface area contributed by atoms with Crippen LogP contribution in [-0.2, 0) is 4.87 Å². The summed E-state index contributed by atoms with van der Waals surface area (Å²) in [5.74, 6) is 0. The third kappa shape index (κ3) is 2.52. The lowest BCUT2D eigenvalue weighted by atomic mass is 9.95. The van der Waals surface area contributed by atoms with Crippen LogP contribution >= 0.6 is 11.8 Å². The second-order valence-electron chi connectivity index (χ2n) is 5.90. The molecule has 0 amide bonds. The van der Waals surface area contributed by atoms with E-state index in [-0.39, 0.29) is 4.87 Å². The van der Waals surface area contributed by atoms with Gasteiger partial charge in [-0.2, -0.15) is 15.0 Å². The molecule has 3 nitrogen and oxygen atoms in total. The van der Waals surface area contributed by atoms with Crippen molar-refractivity contribution in [3.8, 4) is 0 Å². The van der Waals surface area contributed by atoms with Crippen molar-refractivity contribution in [1.82, 2.24) is 15.0 Å². The molecule has 112 valence electrons. The summed E-state index contributed by atoms with van der Waals surface area (Å²) >= 11 is 1.92. The van der Waals surface area contributed by atoms with Gasteiger partial charge in [0.05, 0.1) is 0 Å². The first-order chi connectivity index (χ1) is 10.9. The van der Waals surface area contributed by atoms with E-state index in [1.165, 1.54) is 24.2 Å². The zero-order valence-electron chi connectivity index (χ0n) is 12.5. The van der Waals surface area contributed by atoms with Crippen molar-refractivity contribution in [3.05, 3.63) is 54.6 Å². The predicted octanol–water partition coefficient (Wildman–Crippen LogP) is 4.84. The SMILES string of the molecule is c1ccc(SC2(n3nc4ccccc4n3)CCCCC2)cc1. The summed E-state index contributed by atoms with van der Waals surface area (Å²) in [6.45, 7) is 0. The summed E-state index contributed by atoms with van der Waals surface area (Å²) in [5, 5.41) is 9.58. The van der Waals surface area contributed by atoms with Crippen LogP contribution in [0.15, 0.2) is 59.5 Å². The molecular formula is C18H19N3S. The van der Waals surface area contributed by atoms with Crippen LogP contribution in [0.2, 0.25) is 0 Å². The molecule has 1 aliphatic carbocycles. The van der Waals surface area contributed by atoms with Gasteiger partial charge in [0.15, 0.2) is 0 Å². The summed E-state index contributed by atoms with van der Waals surface area (Å²) in [6.07, 6.45) is 6.08. The van der Waals surface area contributed by atoms with Gasteiger partial charge in [-0.1, -0.05) is 61.4 Å². The van der Waals surface area contributed by atoms with Crippen LogP contribution in [0.3, 0.4) is 0 Å². The Kier molecular flexibility index (Phi) is 3.62. The lowest BCUT2D eigenvalue weighted by Gasteiger charge is -2.35. The smallest absolute Gasteiger partial charge is 0.132 e. The molecule has 0 saturated heterocycles. The van der Waals surface area contributed by atoms with Crippen LogP contribution in [0.1, 0.15) is 32.1 Å². The molecule has 0 N–H and O–H groups in total. The first kappa shape index (κ1) is 13.8. The van der Waals surface area contributed by atoms with Crippen LogP contribution in [-0.4, -0.2) is 15.0 Å². The Balaban J connectivity index is 1.76. The lowest BCUT2D eigenvalue weighted by Crippen LogP contribution is -2.34. The minimum atomic E-state index is -0.0430. The fourth-order valence-electron chi connectivity index (χ4n) is 3.20. The number of fused-ring (bicyclic) bond motifs is 1. The highest BCUT2D eigenvalue weighted by molar-refractivity contribution is 8.00. The topological polar surface area (TPSA) is 30.7 Å². The Morgan fingerprint density at radius 1 is 0.773 bits per heavy atom. The molecule has 0 bridgehead atoms. The second kappa shape index (κ2) is 5.76. The van der Waals surface area contributed by atoms with Crippen molar-refractivity contribution in [3.63, 3.8) is 0 Å². The molecule has 2 aromatic carbocycles.